The van der Waals surface area contributed by atoms with Crippen molar-refractivity contribution < 1.29 is 20.1 Å². The van der Waals surface area contributed by atoms with Crippen molar-refractivity contribution in [1.29, 1.82) is 0 Å². The number of carboxylic acids is 1. The first-order chi connectivity index (χ1) is 8.32. The van der Waals surface area contributed by atoms with Crippen molar-refractivity contribution in [2.24, 2.45) is 5.92 Å². The average molecular weight is 252 g/mol. The molecule has 0 unspecified atom stereocenters. The highest BCUT2D eigenvalue weighted by molar-refractivity contribution is 5.73. The summed E-state index contributed by atoms with van der Waals surface area (Å²) < 4.78 is 0. The summed E-state index contributed by atoms with van der Waals surface area (Å²) >= 11 is 0. The van der Waals surface area contributed by atoms with Gasteiger partial charge >= 0.3 is 5.97 Å². The first kappa shape index (κ1) is 14.4. The van der Waals surface area contributed by atoms with Crippen molar-refractivity contribution in [3.05, 3.63) is 22.8 Å². The number of carbonyl (C=O) groups is 1. The van der Waals surface area contributed by atoms with Crippen LogP contribution in [0.4, 0.5) is 0 Å². The zero-order valence-corrected chi connectivity index (χ0v) is 11.0. The Balaban J connectivity index is 3.19. The van der Waals surface area contributed by atoms with Gasteiger partial charge < -0.3 is 15.3 Å². The molecule has 0 aliphatic rings. The number of rotatable bonds is 5. The van der Waals surface area contributed by atoms with Crippen molar-refractivity contribution in [1.82, 2.24) is 0 Å². The van der Waals surface area contributed by atoms with E-state index in [1.807, 2.05) is 0 Å². The lowest BCUT2D eigenvalue weighted by Gasteiger charge is -2.15. The molecule has 0 bridgehead atoms. The maximum atomic E-state index is 10.8. The molecule has 1 aromatic carbocycles. The molecule has 0 radical (unpaired) electrons. The highest BCUT2D eigenvalue weighted by Crippen LogP contribution is 2.34. The van der Waals surface area contributed by atoms with Gasteiger partial charge in [0.2, 0.25) is 0 Å². The molecule has 0 saturated carbocycles. The largest absolute Gasteiger partial charge is 0.508 e. The summed E-state index contributed by atoms with van der Waals surface area (Å²) in [5, 5.41) is 28.7. The number of carboxylic acid groups (broad SMARTS) is 1. The molecule has 0 aliphatic carbocycles. The quantitative estimate of drug-likeness (QED) is 0.704. The lowest BCUT2D eigenvalue weighted by atomic mass is 9.93. The molecule has 1 rings (SSSR count). The van der Waals surface area contributed by atoms with Crippen LogP contribution in [0.1, 0.15) is 37.0 Å². The minimum atomic E-state index is -1.01. The lowest BCUT2D eigenvalue weighted by Crippen LogP contribution is -2.06. The smallest absolute Gasteiger partial charge is 0.307 e. The molecule has 3 N–H and O–H groups in total. The summed E-state index contributed by atoms with van der Waals surface area (Å²) in [5.41, 5.74) is 1.45. The van der Waals surface area contributed by atoms with Crippen LogP contribution < -0.4 is 0 Å². The molecule has 4 nitrogen and oxygen atoms in total. The first-order valence-electron chi connectivity index (χ1n) is 6.08. The third kappa shape index (κ3) is 3.39. The van der Waals surface area contributed by atoms with Crippen molar-refractivity contribution in [2.75, 3.05) is 0 Å². The molecular formula is C14H20O4. The van der Waals surface area contributed by atoms with Crippen molar-refractivity contribution in [3.63, 3.8) is 0 Å². The Labute approximate surface area is 107 Å². The molecule has 0 atom stereocenters. The average Bonchev–Trinajstić information content (AvgIpc) is 2.24. The van der Waals surface area contributed by atoms with Crippen LogP contribution in [-0.2, 0) is 17.6 Å². The zero-order valence-electron chi connectivity index (χ0n) is 11.0. The van der Waals surface area contributed by atoms with Gasteiger partial charge in [0.15, 0.2) is 0 Å². The summed E-state index contributed by atoms with van der Waals surface area (Å²) in [6.07, 6.45) is 1.14. The van der Waals surface area contributed by atoms with E-state index >= 15 is 0 Å². The van der Waals surface area contributed by atoms with E-state index in [4.69, 9.17) is 5.11 Å². The second kappa shape index (κ2) is 5.76. The highest BCUT2D eigenvalue weighted by Gasteiger charge is 2.18. The van der Waals surface area contributed by atoms with Crippen LogP contribution in [0.25, 0.3) is 0 Å². The van der Waals surface area contributed by atoms with Crippen LogP contribution in [-0.4, -0.2) is 21.3 Å². The summed E-state index contributed by atoms with van der Waals surface area (Å²) in [6, 6.07) is 1.41. The second-order valence-electron chi connectivity index (χ2n) is 5.02. The third-order valence-electron chi connectivity index (χ3n) is 2.99. The van der Waals surface area contributed by atoms with Crippen LogP contribution in [0, 0.1) is 12.8 Å². The molecule has 0 amide bonds. The van der Waals surface area contributed by atoms with Gasteiger partial charge in [-0.2, -0.15) is 0 Å². The molecule has 4 heteroatoms. The van der Waals surface area contributed by atoms with Gasteiger partial charge in [-0.3, -0.25) is 4.79 Å². The van der Waals surface area contributed by atoms with Crippen molar-refractivity contribution in [2.45, 2.75) is 40.0 Å². The Hall–Kier alpha value is -1.71. The fraction of sp³-hybridized carbons (Fsp3) is 0.500. The van der Waals surface area contributed by atoms with Crippen LogP contribution in [0.2, 0.25) is 0 Å². The van der Waals surface area contributed by atoms with Crippen LogP contribution in [0.15, 0.2) is 6.07 Å². The Morgan fingerprint density at radius 1 is 1.28 bits per heavy atom. The summed E-state index contributed by atoms with van der Waals surface area (Å²) in [7, 11) is 0. The van der Waals surface area contributed by atoms with Gasteiger partial charge in [0.25, 0.3) is 0 Å². The number of phenolic OH excluding ortho intramolecular Hbond substituents is 2. The highest BCUT2D eigenvalue weighted by atomic mass is 16.4. The van der Waals surface area contributed by atoms with E-state index in [9.17, 15) is 15.0 Å². The standard InChI is InChI=1S/C14H20O4/c1-8(2)4-5-10-11(7-13(16)17)12(15)6-9(3)14(10)18/h6,8,15,18H,4-5,7H2,1-3H3,(H,16,17). The fourth-order valence-electron chi connectivity index (χ4n) is 1.95. The topological polar surface area (TPSA) is 77.8 Å². The van der Waals surface area contributed by atoms with E-state index in [0.717, 1.165) is 6.42 Å². The normalized spacial score (nSPS) is 10.9. The van der Waals surface area contributed by atoms with E-state index in [-0.39, 0.29) is 17.9 Å². The molecular weight excluding hydrogens is 232 g/mol. The van der Waals surface area contributed by atoms with Gasteiger partial charge in [0.05, 0.1) is 6.42 Å². The van der Waals surface area contributed by atoms with Crippen molar-refractivity contribution >= 4 is 5.97 Å². The Kier molecular flexibility index (Phi) is 4.59. The number of aryl methyl sites for hydroxylation is 1. The molecule has 100 valence electrons. The van der Waals surface area contributed by atoms with Gasteiger partial charge in [0, 0.05) is 11.1 Å². The van der Waals surface area contributed by atoms with E-state index in [2.05, 4.69) is 13.8 Å². The van der Waals surface area contributed by atoms with E-state index in [1.54, 1.807) is 6.92 Å². The monoisotopic (exact) mass is 252 g/mol. The maximum Gasteiger partial charge on any atom is 0.307 e. The molecule has 1 aromatic rings. The van der Waals surface area contributed by atoms with Gasteiger partial charge in [-0.25, -0.2) is 0 Å². The van der Waals surface area contributed by atoms with Crippen LogP contribution >= 0.6 is 0 Å². The Morgan fingerprint density at radius 3 is 2.39 bits per heavy atom. The van der Waals surface area contributed by atoms with Gasteiger partial charge in [-0.05, 0) is 37.3 Å². The lowest BCUT2D eigenvalue weighted by molar-refractivity contribution is -0.136. The Bertz CT molecular complexity index is 450. The first-order valence-corrected chi connectivity index (χ1v) is 6.08. The van der Waals surface area contributed by atoms with Crippen molar-refractivity contribution in [3.8, 4) is 11.5 Å². The van der Waals surface area contributed by atoms with Crippen LogP contribution in [0.3, 0.4) is 0 Å². The molecule has 0 aliphatic heterocycles. The molecule has 0 heterocycles. The maximum absolute atomic E-state index is 10.8. The van der Waals surface area contributed by atoms with E-state index in [0.29, 0.717) is 29.0 Å². The van der Waals surface area contributed by atoms with E-state index in [1.165, 1.54) is 6.07 Å². The fourth-order valence-corrected chi connectivity index (χ4v) is 1.95. The molecule has 0 saturated heterocycles. The number of aromatic hydroxyl groups is 2. The molecule has 0 fully saturated rings. The summed E-state index contributed by atoms with van der Waals surface area (Å²) in [5.74, 6) is -0.514. The minimum absolute atomic E-state index is 0.0496. The SMILES string of the molecule is Cc1cc(O)c(CC(=O)O)c(CCC(C)C)c1O. The number of phenols is 2. The third-order valence-corrected chi connectivity index (χ3v) is 2.99. The predicted octanol–water partition coefficient (Wildman–Crippen LogP) is 2.62. The molecule has 18 heavy (non-hydrogen) atoms. The van der Waals surface area contributed by atoms with Crippen LogP contribution in [0.5, 0.6) is 11.5 Å². The number of hydrogen-bond acceptors (Lipinski definition) is 3. The van der Waals surface area contributed by atoms with Gasteiger partial charge in [-0.1, -0.05) is 13.8 Å². The summed E-state index contributed by atoms with van der Waals surface area (Å²) in [4.78, 5) is 10.8. The van der Waals surface area contributed by atoms with Gasteiger partial charge in [0.1, 0.15) is 11.5 Å². The van der Waals surface area contributed by atoms with E-state index < -0.39 is 5.97 Å². The predicted molar refractivity (Wildman–Crippen MR) is 69.0 cm³/mol. The minimum Gasteiger partial charge on any atom is -0.508 e. The summed E-state index contributed by atoms with van der Waals surface area (Å²) in [6.45, 7) is 5.81. The molecule has 0 spiro atoms. The number of hydrogen-bond donors (Lipinski definition) is 3. The zero-order chi connectivity index (χ0) is 13.9. The second-order valence-corrected chi connectivity index (χ2v) is 5.02. The molecule has 0 aromatic heterocycles. The van der Waals surface area contributed by atoms with Gasteiger partial charge in [-0.15, -0.1) is 0 Å². The Morgan fingerprint density at radius 2 is 1.89 bits per heavy atom. The number of benzene rings is 1. The number of aliphatic carboxylic acids is 1.